The molecule has 1 saturated carbocycles. The van der Waals surface area contributed by atoms with Crippen molar-refractivity contribution < 1.29 is 13.2 Å². The Kier molecular flexibility index (Phi) is 4.42. The van der Waals surface area contributed by atoms with Gasteiger partial charge in [-0.15, -0.1) is 0 Å². The van der Waals surface area contributed by atoms with Crippen LogP contribution in [0.4, 0.5) is 0 Å². The van der Waals surface area contributed by atoms with Crippen molar-refractivity contribution >= 4 is 9.84 Å². The average molecular weight is 284 g/mol. The first kappa shape index (κ1) is 14.3. The summed E-state index contributed by atoms with van der Waals surface area (Å²) in [4.78, 5) is 4.18. The summed E-state index contributed by atoms with van der Waals surface area (Å²) in [6, 6.07) is 3.05. The normalized spacial score (nSPS) is 24.7. The number of pyridine rings is 1. The maximum atomic E-state index is 11.7. The van der Waals surface area contributed by atoms with E-state index in [1.165, 1.54) is 12.3 Å². The van der Waals surface area contributed by atoms with Gasteiger partial charge in [-0.2, -0.15) is 0 Å². The fourth-order valence-corrected chi connectivity index (χ4v) is 3.08. The molecule has 0 spiro atoms. The quantitative estimate of drug-likeness (QED) is 0.851. The molecule has 1 aliphatic rings. The van der Waals surface area contributed by atoms with Crippen molar-refractivity contribution in [3.8, 4) is 5.88 Å². The second-order valence-electron chi connectivity index (χ2n) is 5.04. The Bertz CT molecular complexity index is 530. The summed E-state index contributed by atoms with van der Waals surface area (Å²) in [5, 5.41) is 0. The van der Waals surface area contributed by atoms with Crippen molar-refractivity contribution in [2.45, 2.75) is 49.1 Å². The van der Waals surface area contributed by atoms with E-state index >= 15 is 0 Å². The van der Waals surface area contributed by atoms with Gasteiger partial charge in [-0.3, -0.25) is 0 Å². The lowest BCUT2D eigenvalue weighted by Crippen LogP contribution is -2.38. The number of nitrogens with zero attached hydrogens (tertiary/aromatic N) is 1. The predicted octanol–water partition coefficient (Wildman–Crippen LogP) is 1.52. The van der Waals surface area contributed by atoms with E-state index in [9.17, 15) is 8.42 Å². The summed E-state index contributed by atoms with van der Waals surface area (Å²) in [7, 11) is -3.34. The summed E-state index contributed by atoms with van der Waals surface area (Å²) >= 11 is 0. The van der Waals surface area contributed by atoms with Gasteiger partial charge >= 0.3 is 0 Å². The summed E-state index contributed by atoms with van der Waals surface area (Å²) in [5.41, 5.74) is 6.08. The van der Waals surface area contributed by atoms with Crippen LogP contribution in [-0.4, -0.2) is 31.8 Å². The van der Waals surface area contributed by atoms with Crippen LogP contribution in [0.5, 0.6) is 5.88 Å². The minimum absolute atomic E-state index is 0.0584. The highest BCUT2D eigenvalue weighted by molar-refractivity contribution is 7.90. The van der Waals surface area contributed by atoms with Crippen LogP contribution < -0.4 is 10.5 Å². The van der Waals surface area contributed by atoms with Crippen LogP contribution in [0.3, 0.4) is 0 Å². The maximum Gasteiger partial charge on any atom is 0.232 e. The lowest BCUT2D eigenvalue weighted by molar-refractivity contribution is 0.151. The van der Waals surface area contributed by atoms with Crippen molar-refractivity contribution in [1.82, 2.24) is 4.98 Å². The molecule has 1 heterocycles. The molecule has 19 heavy (non-hydrogen) atoms. The Balaban J connectivity index is 2.23. The van der Waals surface area contributed by atoms with Crippen molar-refractivity contribution in [2.75, 3.05) is 6.26 Å². The van der Waals surface area contributed by atoms with E-state index in [0.717, 1.165) is 38.4 Å². The van der Waals surface area contributed by atoms with Crippen LogP contribution in [0.25, 0.3) is 0 Å². The molecule has 2 rings (SSSR count). The number of aromatic nitrogens is 1. The highest BCUT2D eigenvalue weighted by atomic mass is 32.2. The molecule has 0 amide bonds. The maximum absolute atomic E-state index is 11.7. The van der Waals surface area contributed by atoms with Crippen LogP contribution >= 0.6 is 0 Å². The molecule has 1 aromatic rings. The standard InChI is InChI=1S/C13H20N2O3S/c1-19(16,17)12-8-5-9-15-13(12)18-11-7-4-2-3-6-10(11)14/h5,8-11H,2-4,6-7,14H2,1H3. The van der Waals surface area contributed by atoms with Crippen molar-refractivity contribution in [3.63, 3.8) is 0 Å². The SMILES string of the molecule is CS(=O)(=O)c1cccnc1OC1CCCCCC1N. The molecule has 106 valence electrons. The van der Waals surface area contributed by atoms with E-state index in [1.807, 2.05) is 0 Å². The molecule has 2 N–H and O–H groups in total. The van der Waals surface area contributed by atoms with E-state index in [-0.39, 0.29) is 22.9 Å². The fourth-order valence-electron chi connectivity index (χ4n) is 2.34. The van der Waals surface area contributed by atoms with Gasteiger partial charge in [-0.05, 0) is 31.4 Å². The van der Waals surface area contributed by atoms with Gasteiger partial charge in [-0.25, -0.2) is 13.4 Å². The van der Waals surface area contributed by atoms with Crippen LogP contribution in [0.15, 0.2) is 23.2 Å². The van der Waals surface area contributed by atoms with Gasteiger partial charge in [0.1, 0.15) is 11.0 Å². The van der Waals surface area contributed by atoms with E-state index < -0.39 is 9.84 Å². The zero-order valence-corrected chi connectivity index (χ0v) is 11.9. The fraction of sp³-hybridized carbons (Fsp3) is 0.615. The van der Waals surface area contributed by atoms with Gasteiger partial charge in [0.2, 0.25) is 5.88 Å². The minimum atomic E-state index is -3.34. The topological polar surface area (TPSA) is 82.3 Å². The van der Waals surface area contributed by atoms with Gasteiger partial charge in [0, 0.05) is 18.5 Å². The number of hydrogen-bond donors (Lipinski definition) is 1. The molecule has 2 unspecified atom stereocenters. The molecule has 2 atom stereocenters. The molecule has 1 aromatic heterocycles. The molecule has 0 radical (unpaired) electrons. The molecule has 0 aliphatic heterocycles. The second kappa shape index (κ2) is 5.88. The van der Waals surface area contributed by atoms with Gasteiger partial charge in [0.15, 0.2) is 9.84 Å². The molecule has 1 fully saturated rings. The summed E-state index contributed by atoms with van der Waals surface area (Å²) in [5.74, 6) is 0.173. The third-order valence-electron chi connectivity index (χ3n) is 3.40. The molecule has 1 aliphatic carbocycles. The average Bonchev–Trinajstić information content (AvgIpc) is 2.54. The zero-order chi connectivity index (χ0) is 13.9. The summed E-state index contributed by atoms with van der Waals surface area (Å²) in [6.07, 6.45) is 7.59. The second-order valence-corrected chi connectivity index (χ2v) is 7.02. The van der Waals surface area contributed by atoms with E-state index in [2.05, 4.69) is 4.98 Å². The third-order valence-corrected chi connectivity index (χ3v) is 4.51. The van der Waals surface area contributed by atoms with Gasteiger partial charge in [-0.1, -0.05) is 12.8 Å². The van der Waals surface area contributed by atoms with Crippen molar-refractivity contribution in [1.29, 1.82) is 0 Å². The van der Waals surface area contributed by atoms with Crippen LogP contribution in [0.2, 0.25) is 0 Å². The van der Waals surface area contributed by atoms with Crippen LogP contribution in [-0.2, 0) is 9.84 Å². The summed E-state index contributed by atoms with van der Waals surface area (Å²) in [6.45, 7) is 0. The molecule has 5 nitrogen and oxygen atoms in total. The Hall–Kier alpha value is -1.14. The Morgan fingerprint density at radius 2 is 2.05 bits per heavy atom. The van der Waals surface area contributed by atoms with E-state index in [4.69, 9.17) is 10.5 Å². The Morgan fingerprint density at radius 1 is 1.32 bits per heavy atom. The molecule has 0 bridgehead atoms. The highest BCUT2D eigenvalue weighted by Gasteiger charge is 2.25. The molecule has 0 saturated heterocycles. The highest BCUT2D eigenvalue weighted by Crippen LogP contribution is 2.25. The van der Waals surface area contributed by atoms with Crippen LogP contribution in [0.1, 0.15) is 32.1 Å². The number of hydrogen-bond acceptors (Lipinski definition) is 5. The van der Waals surface area contributed by atoms with Crippen LogP contribution in [0, 0.1) is 0 Å². The monoisotopic (exact) mass is 284 g/mol. The largest absolute Gasteiger partial charge is 0.472 e. The smallest absolute Gasteiger partial charge is 0.232 e. The van der Waals surface area contributed by atoms with Gasteiger partial charge < -0.3 is 10.5 Å². The Morgan fingerprint density at radius 3 is 2.79 bits per heavy atom. The van der Waals surface area contributed by atoms with Gasteiger partial charge in [0.05, 0.1) is 0 Å². The lowest BCUT2D eigenvalue weighted by atomic mass is 10.1. The lowest BCUT2D eigenvalue weighted by Gasteiger charge is -2.23. The molecular weight excluding hydrogens is 264 g/mol. The number of rotatable bonds is 3. The zero-order valence-electron chi connectivity index (χ0n) is 11.1. The molecule has 0 aromatic carbocycles. The number of sulfone groups is 1. The Labute approximate surface area is 114 Å². The van der Waals surface area contributed by atoms with Crippen molar-refractivity contribution in [3.05, 3.63) is 18.3 Å². The molecule has 6 heteroatoms. The first-order chi connectivity index (χ1) is 8.98. The first-order valence-corrected chi connectivity index (χ1v) is 8.45. The predicted molar refractivity (Wildman–Crippen MR) is 72.8 cm³/mol. The van der Waals surface area contributed by atoms with Gasteiger partial charge in [0.25, 0.3) is 0 Å². The van der Waals surface area contributed by atoms with E-state index in [0.29, 0.717) is 0 Å². The number of nitrogens with two attached hydrogens (primary N) is 1. The minimum Gasteiger partial charge on any atom is -0.472 e. The summed E-state index contributed by atoms with van der Waals surface area (Å²) < 4.78 is 29.2. The third kappa shape index (κ3) is 3.67. The van der Waals surface area contributed by atoms with E-state index in [1.54, 1.807) is 6.07 Å². The molecular formula is C13H20N2O3S. The first-order valence-electron chi connectivity index (χ1n) is 6.56. The number of ether oxygens (including phenoxy) is 1. The van der Waals surface area contributed by atoms with Crippen molar-refractivity contribution in [2.24, 2.45) is 5.73 Å².